The van der Waals surface area contributed by atoms with Gasteiger partial charge >= 0.3 is 0 Å². The van der Waals surface area contributed by atoms with Crippen molar-refractivity contribution >= 4 is 6.21 Å². The van der Waals surface area contributed by atoms with Gasteiger partial charge in [0.05, 0.1) is 0 Å². The first kappa shape index (κ1) is 13.2. The zero-order valence-corrected chi connectivity index (χ0v) is 8.26. The Morgan fingerprint density at radius 1 is 1.42 bits per heavy atom. The molecular formula is C10H16N2. The lowest BCUT2D eigenvalue weighted by atomic mass is 10.3. The lowest BCUT2D eigenvalue weighted by molar-refractivity contribution is 1.26. The van der Waals surface area contributed by atoms with E-state index in [0.29, 0.717) is 5.70 Å². The molecule has 0 aliphatic carbocycles. The summed E-state index contributed by atoms with van der Waals surface area (Å²) in [5.74, 6) is 0. The highest BCUT2D eigenvalue weighted by Crippen LogP contribution is 2.01. The topological polar surface area (TPSA) is 36.1 Å². The van der Waals surface area contributed by atoms with Crippen LogP contribution in [0.4, 0.5) is 0 Å². The fraction of sp³-hybridized carbons (Fsp3) is 0.400. The predicted octanol–water partition coefficient (Wildman–Crippen LogP) is 3.09. The van der Waals surface area contributed by atoms with Crippen LogP contribution in [0, 0.1) is 11.3 Å². The van der Waals surface area contributed by atoms with Gasteiger partial charge in [-0.25, -0.2) is 4.99 Å². The highest BCUT2D eigenvalue weighted by molar-refractivity contribution is 5.71. The molecule has 0 aliphatic rings. The lowest BCUT2D eigenvalue weighted by Gasteiger charge is -1.88. The van der Waals surface area contributed by atoms with Crippen LogP contribution in [0.3, 0.4) is 0 Å². The number of hydrogen-bond donors (Lipinski definition) is 0. The molecule has 66 valence electrons. The summed E-state index contributed by atoms with van der Waals surface area (Å²) >= 11 is 0. The number of allylic oxidation sites excluding steroid dienone is 3. The Kier molecular flexibility index (Phi) is 10.6. The Hall–Kier alpha value is -1.36. The molecule has 0 saturated carbocycles. The third-order valence-electron chi connectivity index (χ3n) is 0.889. The number of nitriles is 1. The second kappa shape index (κ2) is 9.64. The molecule has 0 aliphatic heterocycles. The Bertz CT molecular complexity index is 212. The molecular weight excluding hydrogens is 148 g/mol. The average Bonchev–Trinajstić information content (AvgIpc) is 2.09. The van der Waals surface area contributed by atoms with E-state index in [-0.39, 0.29) is 0 Å². The molecule has 0 aromatic carbocycles. The van der Waals surface area contributed by atoms with Crippen molar-refractivity contribution in [1.82, 2.24) is 0 Å². The normalized spacial score (nSPS) is 7.92. The second-order valence-electron chi connectivity index (χ2n) is 1.97. The largest absolute Gasteiger partial charge is 0.246 e. The highest BCUT2D eigenvalue weighted by atomic mass is 14.7. The molecule has 0 radical (unpaired) electrons. The molecule has 0 amide bonds. The first-order valence-electron chi connectivity index (χ1n) is 3.95. The number of aliphatic imine (C=N–C) groups is 1. The monoisotopic (exact) mass is 164 g/mol. The van der Waals surface area contributed by atoms with E-state index >= 15 is 0 Å². The van der Waals surface area contributed by atoms with Gasteiger partial charge in [-0.3, -0.25) is 0 Å². The van der Waals surface area contributed by atoms with Crippen molar-refractivity contribution in [3.63, 3.8) is 0 Å². The minimum atomic E-state index is 0.458. The zero-order valence-electron chi connectivity index (χ0n) is 8.26. The molecule has 2 heteroatoms. The van der Waals surface area contributed by atoms with Crippen molar-refractivity contribution in [2.75, 3.05) is 0 Å². The average molecular weight is 164 g/mol. The van der Waals surface area contributed by atoms with Crippen LogP contribution in [0.5, 0.6) is 0 Å². The molecule has 0 spiro atoms. The van der Waals surface area contributed by atoms with Gasteiger partial charge in [-0.1, -0.05) is 26.5 Å². The van der Waals surface area contributed by atoms with Crippen LogP contribution in [-0.4, -0.2) is 6.21 Å². The third kappa shape index (κ3) is 6.76. The first-order chi connectivity index (χ1) is 5.72. The van der Waals surface area contributed by atoms with Crippen LogP contribution in [0.2, 0.25) is 0 Å². The summed E-state index contributed by atoms with van der Waals surface area (Å²) in [7, 11) is 0. The van der Waals surface area contributed by atoms with E-state index in [1.165, 1.54) is 6.21 Å². The van der Waals surface area contributed by atoms with E-state index in [0.717, 1.165) is 5.57 Å². The SMILES string of the molecule is C=CC=NC(C#N)=C(C)C.CC. The van der Waals surface area contributed by atoms with Gasteiger partial charge in [-0.05, 0) is 19.4 Å². The molecule has 0 unspecified atom stereocenters. The minimum absolute atomic E-state index is 0.458. The highest BCUT2D eigenvalue weighted by Gasteiger charge is 1.90. The van der Waals surface area contributed by atoms with Gasteiger partial charge in [0.1, 0.15) is 11.8 Å². The van der Waals surface area contributed by atoms with Crippen molar-refractivity contribution in [2.24, 2.45) is 4.99 Å². The van der Waals surface area contributed by atoms with E-state index < -0.39 is 0 Å². The molecule has 0 heterocycles. The van der Waals surface area contributed by atoms with Gasteiger partial charge in [0.15, 0.2) is 0 Å². The van der Waals surface area contributed by atoms with Crippen LogP contribution in [0.15, 0.2) is 28.9 Å². The van der Waals surface area contributed by atoms with Crippen molar-refractivity contribution in [3.05, 3.63) is 23.9 Å². The zero-order chi connectivity index (χ0) is 9.98. The molecule has 2 nitrogen and oxygen atoms in total. The van der Waals surface area contributed by atoms with Gasteiger partial charge in [-0.15, -0.1) is 0 Å². The molecule has 12 heavy (non-hydrogen) atoms. The van der Waals surface area contributed by atoms with Gasteiger partial charge < -0.3 is 0 Å². The van der Waals surface area contributed by atoms with Crippen LogP contribution in [0.1, 0.15) is 27.7 Å². The standard InChI is InChI=1S/C8H10N2.C2H6/c1-4-5-10-8(6-9)7(2)3;1-2/h4-5H,1H2,2-3H3;1-2H3. The summed E-state index contributed by atoms with van der Waals surface area (Å²) in [5.41, 5.74) is 1.38. The van der Waals surface area contributed by atoms with E-state index in [1.54, 1.807) is 6.08 Å². The quantitative estimate of drug-likeness (QED) is 0.456. The molecule has 0 N–H and O–H groups in total. The number of rotatable bonds is 2. The second-order valence-corrected chi connectivity index (χ2v) is 1.97. The Balaban J connectivity index is 0. The molecule has 0 aromatic heterocycles. The van der Waals surface area contributed by atoms with Crippen molar-refractivity contribution < 1.29 is 0 Å². The van der Waals surface area contributed by atoms with Gasteiger partial charge in [-0.2, -0.15) is 5.26 Å². The van der Waals surface area contributed by atoms with Gasteiger partial charge in [0.25, 0.3) is 0 Å². The maximum atomic E-state index is 8.47. The molecule has 0 rings (SSSR count). The Morgan fingerprint density at radius 3 is 2.17 bits per heavy atom. The van der Waals surface area contributed by atoms with Crippen LogP contribution in [0.25, 0.3) is 0 Å². The molecule has 0 fully saturated rings. The fourth-order valence-corrected chi connectivity index (χ4v) is 0.397. The van der Waals surface area contributed by atoms with Crippen LogP contribution < -0.4 is 0 Å². The lowest BCUT2D eigenvalue weighted by Crippen LogP contribution is -1.77. The van der Waals surface area contributed by atoms with Crippen molar-refractivity contribution in [2.45, 2.75) is 27.7 Å². The predicted molar refractivity (Wildman–Crippen MR) is 54.0 cm³/mol. The maximum Gasteiger partial charge on any atom is 0.139 e. The maximum absolute atomic E-state index is 8.47. The number of hydrogen-bond acceptors (Lipinski definition) is 2. The summed E-state index contributed by atoms with van der Waals surface area (Å²) < 4.78 is 0. The summed E-state index contributed by atoms with van der Waals surface area (Å²) in [5, 5.41) is 8.47. The van der Waals surface area contributed by atoms with Crippen LogP contribution >= 0.6 is 0 Å². The van der Waals surface area contributed by atoms with Gasteiger partial charge in [0, 0.05) is 6.21 Å². The van der Waals surface area contributed by atoms with Crippen molar-refractivity contribution in [1.29, 1.82) is 5.26 Å². The fourth-order valence-electron chi connectivity index (χ4n) is 0.397. The minimum Gasteiger partial charge on any atom is -0.246 e. The van der Waals surface area contributed by atoms with E-state index in [4.69, 9.17) is 5.26 Å². The Morgan fingerprint density at radius 2 is 1.92 bits per heavy atom. The smallest absolute Gasteiger partial charge is 0.139 e. The van der Waals surface area contributed by atoms with E-state index in [2.05, 4.69) is 11.6 Å². The van der Waals surface area contributed by atoms with Crippen molar-refractivity contribution in [3.8, 4) is 6.07 Å². The molecule has 0 saturated heterocycles. The first-order valence-corrected chi connectivity index (χ1v) is 3.95. The van der Waals surface area contributed by atoms with E-state index in [9.17, 15) is 0 Å². The Labute approximate surface area is 74.9 Å². The molecule has 0 bridgehead atoms. The summed E-state index contributed by atoms with van der Waals surface area (Å²) in [6, 6.07) is 1.97. The third-order valence-corrected chi connectivity index (χ3v) is 0.889. The van der Waals surface area contributed by atoms with E-state index in [1.807, 2.05) is 33.8 Å². The summed E-state index contributed by atoms with van der Waals surface area (Å²) in [6.45, 7) is 11.1. The summed E-state index contributed by atoms with van der Waals surface area (Å²) in [6.07, 6.45) is 3.05. The van der Waals surface area contributed by atoms with Crippen LogP contribution in [-0.2, 0) is 0 Å². The molecule has 0 atom stereocenters. The molecule has 0 aromatic rings. The number of nitrogens with zero attached hydrogens (tertiary/aromatic N) is 2. The summed E-state index contributed by atoms with van der Waals surface area (Å²) in [4.78, 5) is 3.84. The van der Waals surface area contributed by atoms with Gasteiger partial charge in [0.2, 0.25) is 0 Å².